The van der Waals surface area contributed by atoms with Crippen LogP contribution in [0.5, 0.6) is 0 Å². The van der Waals surface area contributed by atoms with Crippen LogP contribution in [0.4, 0.5) is 0 Å². The van der Waals surface area contributed by atoms with Crippen molar-refractivity contribution in [1.82, 2.24) is 0 Å². The first-order valence-electron chi connectivity index (χ1n) is 5.81. The highest BCUT2D eigenvalue weighted by Gasteiger charge is 2.54. The third kappa shape index (κ3) is 4.64. The summed E-state index contributed by atoms with van der Waals surface area (Å²) in [6.45, 7) is 1.55. The molecule has 0 spiro atoms. The number of aliphatic hydroxyl groups is 1. The Labute approximate surface area is 129 Å². The molecular weight excluding hydrogens is 388 g/mol. The van der Waals surface area contributed by atoms with Gasteiger partial charge in [-0.25, -0.2) is 4.79 Å². The highest BCUT2D eigenvalue weighted by Crippen LogP contribution is 2.52. The van der Waals surface area contributed by atoms with E-state index in [1.807, 2.05) is 14.1 Å². The van der Waals surface area contributed by atoms with Gasteiger partial charge in [-0.15, -0.1) is 0 Å². The number of hydrogen-bond acceptors (Lipinski definition) is 3. The molecule has 1 saturated heterocycles. The SMILES string of the molecule is C[N+]1(C)CCCC(CC(O)(C(=O)O)P(=O)(O)O)C1.[I-]. The van der Waals surface area contributed by atoms with Gasteiger partial charge in [-0.3, -0.25) is 4.57 Å². The highest BCUT2D eigenvalue weighted by atomic mass is 127. The maximum absolute atomic E-state index is 11.2. The van der Waals surface area contributed by atoms with Crippen LogP contribution in [0.15, 0.2) is 0 Å². The van der Waals surface area contributed by atoms with E-state index in [1.165, 1.54) is 0 Å². The van der Waals surface area contributed by atoms with Gasteiger partial charge in [-0.05, 0) is 12.8 Å². The number of carboxylic acids is 1. The van der Waals surface area contributed by atoms with E-state index in [9.17, 15) is 14.5 Å². The summed E-state index contributed by atoms with van der Waals surface area (Å²) >= 11 is 0. The topological polar surface area (TPSA) is 115 Å². The summed E-state index contributed by atoms with van der Waals surface area (Å²) in [7, 11) is -1.15. The Hall–Kier alpha value is 0.270. The molecule has 0 bridgehead atoms. The number of aliphatic carboxylic acids is 1. The van der Waals surface area contributed by atoms with Crippen molar-refractivity contribution >= 4 is 13.6 Å². The van der Waals surface area contributed by atoms with E-state index in [-0.39, 0.29) is 29.9 Å². The van der Waals surface area contributed by atoms with Crippen molar-refractivity contribution in [3.63, 3.8) is 0 Å². The normalized spacial score (nSPS) is 26.1. The lowest BCUT2D eigenvalue weighted by molar-refractivity contribution is -0.898. The number of rotatable bonds is 4. The molecule has 0 radical (unpaired) electrons. The van der Waals surface area contributed by atoms with E-state index in [0.29, 0.717) is 17.4 Å². The minimum Gasteiger partial charge on any atom is -1.00 e. The zero-order chi connectivity index (χ0) is 14.2. The van der Waals surface area contributed by atoms with Crippen molar-refractivity contribution < 1.29 is 57.8 Å². The number of carboxylic acid groups (broad SMARTS) is 1. The van der Waals surface area contributed by atoms with Gasteiger partial charge < -0.3 is 48.5 Å². The van der Waals surface area contributed by atoms with Crippen molar-refractivity contribution in [3.05, 3.63) is 0 Å². The van der Waals surface area contributed by atoms with Gasteiger partial charge in [0.1, 0.15) is 0 Å². The van der Waals surface area contributed by atoms with Crippen LogP contribution in [0, 0.1) is 5.92 Å². The standard InChI is InChI=1S/C10H20NO6P.HI/c1-11(2)5-3-4-8(7-11)6-10(14,9(12)13)18(15,16)17;/h8,14H,3-7H2,1-2H3,(H2-,12,13,15,16,17);1H. The molecule has 1 aliphatic heterocycles. The van der Waals surface area contributed by atoms with Gasteiger partial charge in [0.05, 0.1) is 27.2 Å². The number of carbonyl (C=O) groups is 1. The molecule has 19 heavy (non-hydrogen) atoms. The lowest BCUT2D eigenvalue weighted by atomic mass is 9.91. The summed E-state index contributed by atoms with van der Waals surface area (Å²) < 4.78 is 11.9. The first-order valence-corrected chi connectivity index (χ1v) is 7.43. The van der Waals surface area contributed by atoms with Crippen molar-refractivity contribution in [2.75, 3.05) is 27.2 Å². The van der Waals surface area contributed by atoms with Crippen molar-refractivity contribution in [2.45, 2.75) is 24.6 Å². The van der Waals surface area contributed by atoms with Gasteiger partial charge in [-0.2, -0.15) is 0 Å². The van der Waals surface area contributed by atoms with Crippen LogP contribution >= 0.6 is 7.60 Å². The molecule has 1 aliphatic rings. The molecule has 0 aliphatic carbocycles. The van der Waals surface area contributed by atoms with E-state index >= 15 is 0 Å². The highest BCUT2D eigenvalue weighted by molar-refractivity contribution is 7.54. The zero-order valence-corrected chi connectivity index (χ0v) is 14.0. The summed E-state index contributed by atoms with van der Waals surface area (Å²) in [5.41, 5.74) is 0. The Morgan fingerprint density at radius 1 is 1.42 bits per heavy atom. The van der Waals surface area contributed by atoms with Crippen LogP contribution in [-0.2, 0) is 9.36 Å². The molecule has 0 amide bonds. The average molecular weight is 409 g/mol. The van der Waals surface area contributed by atoms with Gasteiger partial charge >= 0.3 is 13.6 Å². The van der Waals surface area contributed by atoms with E-state index in [4.69, 9.17) is 14.9 Å². The van der Waals surface area contributed by atoms with Crippen molar-refractivity contribution in [2.24, 2.45) is 5.92 Å². The molecule has 2 atom stereocenters. The minimum atomic E-state index is -5.10. The molecule has 0 aromatic heterocycles. The Bertz CT molecular complexity index is 384. The van der Waals surface area contributed by atoms with Crippen LogP contribution < -0.4 is 24.0 Å². The molecule has 0 aromatic rings. The molecule has 4 N–H and O–H groups in total. The number of nitrogens with zero attached hydrogens (tertiary/aromatic N) is 1. The van der Waals surface area contributed by atoms with Crippen molar-refractivity contribution in [1.29, 1.82) is 0 Å². The zero-order valence-electron chi connectivity index (χ0n) is 11.0. The average Bonchev–Trinajstić information content (AvgIpc) is 2.13. The summed E-state index contributed by atoms with van der Waals surface area (Å²) in [6, 6.07) is 0. The fourth-order valence-corrected chi connectivity index (χ4v) is 3.33. The number of quaternary nitrogens is 1. The number of piperidine rings is 1. The van der Waals surface area contributed by atoms with Gasteiger partial charge in [-0.1, -0.05) is 0 Å². The lowest BCUT2D eigenvalue weighted by Crippen LogP contribution is -3.00. The van der Waals surface area contributed by atoms with E-state index in [1.54, 1.807) is 0 Å². The molecular formula is C10H21INO6P. The maximum Gasteiger partial charge on any atom is 0.368 e. The lowest BCUT2D eigenvalue weighted by Gasteiger charge is -2.39. The maximum atomic E-state index is 11.2. The second kappa shape index (κ2) is 6.36. The second-order valence-corrected chi connectivity index (χ2v) is 7.55. The van der Waals surface area contributed by atoms with Gasteiger partial charge in [0.2, 0.25) is 0 Å². The summed E-state index contributed by atoms with van der Waals surface area (Å²) in [5.74, 6) is -2.06. The molecule has 9 heteroatoms. The Morgan fingerprint density at radius 2 is 1.95 bits per heavy atom. The number of likely N-dealkylation sites (tertiary alicyclic amines) is 1. The van der Waals surface area contributed by atoms with Gasteiger partial charge in [0, 0.05) is 12.3 Å². The molecule has 1 rings (SSSR count). The predicted octanol–water partition coefficient (Wildman–Crippen LogP) is -3.18. The fraction of sp³-hybridized carbons (Fsp3) is 0.900. The fourth-order valence-electron chi connectivity index (χ4n) is 2.59. The summed E-state index contributed by atoms with van der Waals surface area (Å²) in [4.78, 5) is 29.0. The Kier molecular flexibility index (Phi) is 6.45. The monoisotopic (exact) mass is 409 g/mol. The Morgan fingerprint density at radius 3 is 2.32 bits per heavy atom. The summed E-state index contributed by atoms with van der Waals surface area (Å²) in [6.07, 6.45) is 1.13. The first-order chi connectivity index (χ1) is 7.98. The quantitative estimate of drug-likeness (QED) is 0.221. The van der Waals surface area contributed by atoms with Crippen LogP contribution in [0.2, 0.25) is 0 Å². The predicted molar refractivity (Wildman–Crippen MR) is 63.8 cm³/mol. The largest absolute Gasteiger partial charge is 1.00 e. The molecule has 1 fully saturated rings. The molecule has 7 nitrogen and oxygen atoms in total. The molecule has 0 saturated carbocycles. The van der Waals surface area contributed by atoms with Crippen molar-refractivity contribution in [3.8, 4) is 0 Å². The van der Waals surface area contributed by atoms with Crippen LogP contribution in [-0.4, -0.2) is 63.0 Å². The van der Waals surface area contributed by atoms with Crippen LogP contribution in [0.1, 0.15) is 19.3 Å². The summed E-state index contributed by atoms with van der Waals surface area (Å²) in [5, 5.41) is 15.7. The van der Waals surface area contributed by atoms with Gasteiger partial charge in [0.25, 0.3) is 5.34 Å². The van der Waals surface area contributed by atoms with E-state index in [2.05, 4.69) is 0 Å². The first kappa shape index (κ1) is 19.3. The molecule has 1 heterocycles. The smallest absolute Gasteiger partial charge is 0.368 e. The van der Waals surface area contributed by atoms with Crippen LogP contribution in [0.25, 0.3) is 0 Å². The molecule has 2 unspecified atom stereocenters. The molecule has 0 aromatic carbocycles. The minimum absolute atomic E-state index is 0. The number of hydrogen-bond donors (Lipinski definition) is 4. The van der Waals surface area contributed by atoms with Crippen LogP contribution in [0.3, 0.4) is 0 Å². The van der Waals surface area contributed by atoms with E-state index < -0.39 is 25.3 Å². The van der Waals surface area contributed by atoms with Gasteiger partial charge in [0.15, 0.2) is 0 Å². The third-order valence-corrected chi connectivity index (χ3v) is 4.86. The van der Waals surface area contributed by atoms with E-state index in [0.717, 1.165) is 13.0 Å². The third-order valence-electron chi connectivity index (χ3n) is 3.53. The molecule has 114 valence electrons. The number of halogens is 1. The Balaban J connectivity index is 0.00000324. The second-order valence-electron chi connectivity index (χ2n) is 5.72.